The van der Waals surface area contributed by atoms with E-state index in [1.54, 1.807) is 18.2 Å². The van der Waals surface area contributed by atoms with Gasteiger partial charge >= 0.3 is 6.61 Å². The van der Waals surface area contributed by atoms with Crippen LogP contribution >= 0.6 is 0 Å². The van der Waals surface area contributed by atoms with Gasteiger partial charge in [-0.3, -0.25) is 0 Å². The number of halogens is 2. The van der Waals surface area contributed by atoms with E-state index in [4.69, 9.17) is 5.11 Å². The van der Waals surface area contributed by atoms with E-state index in [-0.39, 0.29) is 12.4 Å². The summed E-state index contributed by atoms with van der Waals surface area (Å²) >= 11 is 0. The van der Waals surface area contributed by atoms with E-state index in [2.05, 4.69) is 16.6 Å². The van der Waals surface area contributed by atoms with Gasteiger partial charge in [-0.25, -0.2) is 0 Å². The van der Waals surface area contributed by atoms with Crippen LogP contribution in [0.15, 0.2) is 24.3 Å². The highest BCUT2D eigenvalue weighted by Gasteiger charge is 2.06. The number of aliphatic hydroxyl groups excluding tert-OH is 1. The number of benzene rings is 1. The Kier molecular flexibility index (Phi) is 3.89. The van der Waals surface area contributed by atoms with Crippen molar-refractivity contribution < 1.29 is 18.6 Å². The first-order chi connectivity index (χ1) is 6.74. The van der Waals surface area contributed by atoms with Crippen molar-refractivity contribution in [2.45, 2.75) is 6.61 Å². The van der Waals surface area contributed by atoms with E-state index in [1.807, 2.05) is 0 Å². The molecule has 14 heavy (non-hydrogen) atoms. The van der Waals surface area contributed by atoms with Crippen molar-refractivity contribution in [1.82, 2.24) is 0 Å². The zero-order chi connectivity index (χ0) is 10.4. The van der Waals surface area contributed by atoms with E-state index >= 15 is 0 Å². The third-order valence-corrected chi connectivity index (χ3v) is 1.41. The smallest absolute Gasteiger partial charge is 0.387 e. The Morgan fingerprint density at radius 1 is 1.36 bits per heavy atom. The van der Waals surface area contributed by atoms with Gasteiger partial charge in [0.15, 0.2) is 0 Å². The Balaban J connectivity index is 2.91. The highest BCUT2D eigenvalue weighted by molar-refractivity contribution is 5.45. The fourth-order valence-corrected chi connectivity index (χ4v) is 0.903. The predicted molar refractivity (Wildman–Crippen MR) is 47.0 cm³/mol. The lowest BCUT2D eigenvalue weighted by Crippen LogP contribution is -2.03. The second-order valence-corrected chi connectivity index (χ2v) is 2.33. The Bertz CT molecular complexity index is 353. The lowest BCUT2D eigenvalue weighted by atomic mass is 10.2. The molecule has 74 valence electrons. The maximum absolute atomic E-state index is 11.9. The molecule has 1 rings (SSSR count). The van der Waals surface area contributed by atoms with Crippen molar-refractivity contribution in [3.63, 3.8) is 0 Å². The summed E-state index contributed by atoms with van der Waals surface area (Å²) in [5.41, 5.74) is 0.335. The molecule has 0 aliphatic carbocycles. The molecule has 0 saturated carbocycles. The topological polar surface area (TPSA) is 29.5 Å². The van der Waals surface area contributed by atoms with Crippen LogP contribution in [-0.2, 0) is 0 Å². The van der Waals surface area contributed by atoms with Crippen LogP contribution in [0.5, 0.6) is 5.75 Å². The molecule has 0 aliphatic rings. The molecule has 0 heterocycles. The molecule has 0 aliphatic heterocycles. The summed E-state index contributed by atoms with van der Waals surface area (Å²) in [5.74, 6) is 4.89. The van der Waals surface area contributed by atoms with Crippen LogP contribution in [-0.4, -0.2) is 18.3 Å². The van der Waals surface area contributed by atoms with Crippen LogP contribution in [0.4, 0.5) is 8.78 Å². The van der Waals surface area contributed by atoms with Gasteiger partial charge in [-0.15, -0.1) is 0 Å². The van der Waals surface area contributed by atoms with E-state index in [9.17, 15) is 8.78 Å². The summed E-state index contributed by atoms with van der Waals surface area (Å²) in [6.07, 6.45) is 0. The maximum Gasteiger partial charge on any atom is 0.387 e. The largest absolute Gasteiger partial charge is 0.434 e. The molecule has 1 N–H and O–H groups in total. The van der Waals surface area contributed by atoms with Gasteiger partial charge in [0, 0.05) is 0 Å². The van der Waals surface area contributed by atoms with Crippen LogP contribution < -0.4 is 4.74 Å². The van der Waals surface area contributed by atoms with Crippen molar-refractivity contribution in [3.05, 3.63) is 29.8 Å². The number of rotatable bonds is 2. The molecule has 1 aromatic carbocycles. The van der Waals surface area contributed by atoms with E-state index in [1.165, 1.54) is 6.07 Å². The molecule has 0 bridgehead atoms. The third kappa shape index (κ3) is 3.04. The molecule has 0 unspecified atom stereocenters. The summed E-state index contributed by atoms with van der Waals surface area (Å²) in [4.78, 5) is 0. The van der Waals surface area contributed by atoms with E-state index < -0.39 is 6.61 Å². The van der Waals surface area contributed by atoms with Crippen molar-refractivity contribution in [2.24, 2.45) is 0 Å². The Morgan fingerprint density at radius 3 is 2.71 bits per heavy atom. The van der Waals surface area contributed by atoms with Crippen molar-refractivity contribution >= 4 is 0 Å². The average Bonchev–Trinajstić information content (AvgIpc) is 2.16. The monoisotopic (exact) mass is 198 g/mol. The van der Waals surface area contributed by atoms with Crippen molar-refractivity contribution in [1.29, 1.82) is 0 Å². The van der Waals surface area contributed by atoms with Gasteiger partial charge < -0.3 is 9.84 Å². The Labute approximate surface area is 80.1 Å². The fraction of sp³-hybridized carbons (Fsp3) is 0.200. The molecular formula is C10H8F2O2. The van der Waals surface area contributed by atoms with Gasteiger partial charge in [0.1, 0.15) is 12.4 Å². The van der Waals surface area contributed by atoms with Crippen LogP contribution in [0.25, 0.3) is 0 Å². The number of aliphatic hydroxyl groups is 1. The van der Waals surface area contributed by atoms with E-state index in [0.29, 0.717) is 5.56 Å². The predicted octanol–water partition coefficient (Wildman–Crippen LogP) is 1.63. The Morgan fingerprint density at radius 2 is 2.07 bits per heavy atom. The van der Waals surface area contributed by atoms with Crippen LogP contribution in [0.2, 0.25) is 0 Å². The number of para-hydroxylation sites is 1. The number of hydrogen-bond acceptors (Lipinski definition) is 2. The number of alkyl halides is 2. The summed E-state index contributed by atoms with van der Waals surface area (Å²) in [7, 11) is 0. The van der Waals surface area contributed by atoms with Gasteiger partial charge in [-0.05, 0) is 12.1 Å². The highest BCUT2D eigenvalue weighted by Crippen LogP contribution is 2.18. The molecule has 2 nitrogen and oxygen atoms in total. The minimum absolute atomic E-state index is 0.0171. The van der Waals surface area contributed by atoms with Crippen molar-refractivity contribution in [2.75, 3.05) is 6.61 Å². The molecular weight excluding hydrogens is 190 g/mol. The molecule has 0 fully saturated rings. The first-order valence-electron chi connectivity index (χ1n) is 3.87. The third-order valence-electron chi connectivity index (χ3n) is 1.41. The van der Waals surface area contributed by atoms with Gasteiger partial charge in [0.25, 0.3) is 0 Å². The average molecular weight is 198 g/mol. The summed E-state index contributed by atoms with van der Waals surface area (Å²) in [6.45, 7) is -3.18. The summed E-state index contributed by atoms with van der Waals surface area (Å²) < 4.78 is 28.0. The Hall–Kier alpha value is -1.60. The SMILES string of the molecule is OCC#Cc1ccccc1OC(F)F. The van der Waals surface area contributed by atoms with Crippen LogP contribution in [0.3, 0.4) is 0 Å². The quantitative estimate of drug-likeness (QED) is 0.732. The highest BCUT2D eigenvalue weighted by atomic mass is 19.3. The normalized spacial score (nSPS) is 9.43. The lowest BCUT2D eigenvalue weighted by Gasteiger charge is -2.05. The minimum atomic E-state index is -2.87. The molecule has 0 aromatic heterocycles. The number of ether oxygens (including phenoxy) is 1. The standard InChI is InChI=1S/C10H8F2O2/c11-10(12)14-9-6-2-1-4-8(9)5-3-7-13/h1-2,4,6,10,13H,7H2. The van der Waals surface area contributed by atoms with Crippen LogP contribution in [0, 0.1) is 11.8 Å². The summed E-state index contributed by atoms with van der Waals surface area (Å²) in [5, 5.41) is 8.44. The lowest BCUT2D eigenvalue weighted by molar-refractivity contribution is -0.0500. The second kappa shape index (κ2) is 5.20. The van der Waals surface area contributed by atoms with Crippen molar-refractivity contribution in [3.8, 4) is 17.6 Å². The maximum atomic E-state index is 11.9. The van der Waals surface area contributed by atoms with Gasteiger partial charge in [-0.1, -0.05) is 24.0 Å². The molecule has 0 atom stereocenters. The molecule has 1 aromatic rings. The minimum Gasteiger partial charge on any atom is -0.434 e. The van der Waals surface area contributed by atoms with E-state index in [0.717, 1.165) is 0 Å². The first kappa shape index (κ1) is 10.5. The van der Waals surface area contributed by atoms with Gasteiger partial charge in [0.05, 0.1) is 5.56 Å². The zero-order valence-electron chi connectivity index (χ0n) is 7.21. The molecule has 0 radical (unpaired) electrons. The second-order valence-electron chi connectivity index (χ2n) is 2.33. The van der Waals surface area contributed by atoms with Gasteiger partial charge in [0.2, 0.25) is 0 Å². The molecule has 0 amide bonds. The van der Waals surface area contributed by atoms with Crippen LogP contribution in [0.1, 0.15) is 5.56 Å². The fourth-order valence-electron chi connectivity index (χ4n) is 0.903. The molecule has 0 spiro atoms. The molecule has 4 heteroatoms. The zero-order valence-corrected chi connectivity index (χ0v) is 7.21. The van der Waals surface area contributed by atoms with Gasteiger partial charge in [-0.2, -0.15) is 8.78 Å². The molecule has 0 saturated heterocycles. The number of hydrogen-bond donors (Lipinski definition) is 1. The first-order valence-corrected chi connectivity index (χ1v) is 3.87. The summed E-state index contributed by atoms with van der Waals surface area (Å²) in [6, 6.07) is 6.16.